The molecule has 1 aromatic heterocycles. The van der Waals surface area contributed by atoms with Gasteiger partial charge < -0.3 is 9.66 Å². The zero-order valence-corrected chi connectivity index (χ0v) is 20.1. The van der Waals surface area contributed by atoms with E-state index in [4.69, 9.17) is 11.6 Å². The zero-order chi connectivity index (χ0) is 23.3. The van der Waals surface area contributed by atoms with E-state index in [0.717, 1.165) is 15.7 Å². The number of nitrogens with zero attached hydrogens (tertiary/aromatic N) is 1. The number of fused-ring (bicyclic) bond motifs is 1. The second-order valence-electron chi connectivity index (χ2n) is 6.83. The maximum atomic E-state index is 10.4. The Hall–Kier alpha value is -2.71. The number of halogens is 2. The van der Waals surface area contributed by atoms with Gasteiger partial charge in [-0.15, -0.1) is 0 Å². The van der Waals surface area contributed by atoms with Gasteiger partial charge in [0, 0.05) is 28.1 Å². The molecule has 0 saturated carbocycles. The Morgan fingerprint density at radius 3 is 2.31 bits per heavy atom. The summed E-state index contributed by atoms with van der Waals surface area (Å²) in [6.45, 7) is 0. The fraction of sp³-hybridized carbons (Fsp3) is 0.0417. The summed E-state index contributed by atoms with van der Waals surface area (Å²) in [6.07, 6.45) is 4.02. The Morgan fingerprint density at radius 1 is 0.969 bits per heavy atom. The van der Waals surface area contributed by atoms with Crippen molar-refractivity contribution in [3.63, 3.8) is 0 Å². The molecule has 0 aliphatic heterocycles. The third-order valence-electron chi connectivity index (χ3n) is 4.64. The lowest BCUT2D eigenvalue weighted by Gasteiger charge is -2.05. The SMILES string of the molecule is C[n+]1c(C=Cc2ccc(O)c(Cl)c2)ccc2ccccc21.O=S(=O)([O-])c1ccc(Br)cc1. The molecular formula is C24H19BrClNO4S. The van der Waals surface area contributed by atoms with Crippen molar-refractivity contribution >= 4 is 60.7 Å². The van der Waals surface area contributed by atoms with E-state index in [2.05, 4.69) is 44.8 Å². The lowest BCUT2D eigenvalue weighted by atomic mass is 10.1. The molecule has 0 unspecified atom stereocenters. The van der Waals surface area contributed by atoms with Gasteiger partial charge in [-0.3, -0.25) is 0 Å². The molecular weight excluding hydrogens is 514 g/mol. The number of aromatic hydroxyl groups is 1. The van der Waals surface area contributed by atoms with Crippen LogP contribution in [0, 0.1) is 0 Å². The first-order valence-electron chi connectivity index (χ1n) is 9.41. The molecule has 32 heavy (non-hydrogen) atoms. The molecule has 0 amide bonds. The lowest BCUT2D eigenvalue weighted by molar-refractivity contribution is -0.646. The third-order valence-corrected chi connectivity index (χ3v) is 6.32. The summed E-state index contributed by atoms with van der Waals surface area (Å²) < 4.78 is 34.0. The highest BCUT2D eigenvalue weighted by atomic mass is 79.9. The van der Waals surface area contributed by atoms with Gasteiger partial charge in [-0.05, 0) is 60.2 Å². The Bertz CT molecular complexity index is 1390. The lowest BCUT2D eigenvalue weighted by Crippen LogP contribution is -2.32. The van der Waals surface area contributed by atoms with Crippen molar-refractivity contribution in [1.82, 2.24) is 0 Å². The summed E-state index contributed by atoms with van der Waals surface area (Å²) in [5.41, 5.74) is 3.23. The molecule has 4 aromatic rings. The van der Waals surface area contributed by atoms with Crippen LogP contribution in [0.25, 0.3) is 23.1 Å². The van der Waals surface area contributed by atoms with Crippen LogP contribution in [0.4, 0.5) is 0 Å². The first-order valence-corrected chi connectivity index (χ1v) is 12.0. The molecule has 1 heterocycles. The van der Waals surface area contributed by atoms with Crippen LogP contribution in [0.1, 0.15) is 11.3 Å². The normalized spacial score (nSPS) is 11.4. The highest BCUT2D eigenvalue weighted by molar-refractivity contribution is 9.10. The van der Waals surface area contributed by atoms with Crippen molar-refractivity contribution in [1.29, 1.82) is 0 Å². The van der Waals surface area contributed by atoms with Crippen LogP contribution in [0.2, 0.25) is 5.02 Å². The predicted octanol–water partition coefficient (Wildman–Crippen LogP) is 5.55. The number of rotatable bonds is 3. The minimum absolute atomic E-state index is 0.102. The van der Waals surface area contributed by atoms with Crippen molar-refractivity contribution in [2.45, 2.75) is 4.90 Å². The van der Waals surface area contributed by atoms with Gasteiger partial charge in [-0.25, -0.2) is 8.42 Å². The predicted molar refractivity (Wildman–Crippen MR) is 129 cm³/mol. The van der Waals surface area contributed by atoms with Gasteiger partial charge in [-0.1, -0.05) is 45.7 Å². The van der Waals surface area contributed by atoms with Gasteiger partial charge in [0.2, 0.25) is 11.2 Å². The van der Waals surface area contributed by atoms with Gasteiger partial charge in [0.05, 0.1) is 9.92 Å². The molecule has 0 aliphatic rings. The van der Waals surface area contributed by atoms with E-state index in [-0.39, 0.29) is 10.6 Å². The molecule has 0 bridgehead atoms. The minimum atomic E-state index is -4.29. The van der Waals surface area contributed by atoms with Crippen molar-refractivity contribution in [3.05, 3.63) is 99.6 Å². The molecule has 0 saturated heterocycles. The fourth-order valence-corrected chi connectivity index (χ4v) is 3.86. The Labute approximate surface area is 200 Å². The average molecular weight is 533 g/mol. The van der Waals surface area contributed by atoms with Gasteiger partial charge in [-0.2, -0.15) is 4.57 Å². The number of hydrogen-bond donors (Lipinski definition) is 1. The second kappa shape index (κ2) is 10.3. The van der Waals surface area contributed by atoms with Crippen LogP contribution in [-0.2, 0) is 17.2 Å². The highest BCUT2D eigenvalue weighted by Crippen LogP contribution is 2.24. The number of pyridine rings is 1. The van der Waals surface area contributed by atoms with E-state index in [0.29, 0.717) is 5.02 Å². The van der Waals surface area contributed by atoms with Gasteiger partial charge in [0.15, 0.2) is 0 Å². The summed E-state index contributed by atoms with van der Waals surface area (Å²) in [7, 11) is -2.24. The summed E-state index contributed by atoms with van der Waals surface area (Å²) in [5, 5.41) is 11.0. The number of phenols is 1. The maximum Gasteiger partial charge on any atom is 0.212 e. The number of aryl methyl sites for hydroxylation is 1. The van der Waals surface area contributed by atoms with E-state index < -0.39 is 10.1 Å². The van der Waals surface area contributed by atoms with Crippen molar-refractivity contribution in [2.75, 3.05) is 0 Å². The second-order valence-corrected chi connectivity index (χ2v) is 9.53. The maximum absolute atomic E-state index is 10.4. The summed E-state index contributed by atoms with van der Waals surface area (Å²) in [4.78, 5) is -0.208. The van der Waals surface area contributed by atoms with E-state index in [1.54, 1.807) is 12.1 Å². The van der Waals surface area contributed by atoms with Crippen LogP contribution in [0.3, 0.4) is 0 Å². The Kier molecular flexibility index (Phi) is 7.69. The van der Waals surface area contributed by atoms with Gasteiger partial charge in [0.1, 0.15) is 22.9 Å². The van der Waals surface area contributed by atoms with Crippen molar-refractivity contribution in [3.8, 4) is 5.75 Å². The van der Waals surface area contributed by atoms with Crippen LogP contribution in [0.15, 0.2) is 88.2 Å². The van der Waals surface area contributed by atoms with E-state index in [1.165, 1.54) is 35.2 Å². The highest BCUT2D eigenvalue weighted by Gasteiger charge is 2.08. The van der Waals surface area contributed by atoms with Crippen molar-refractivity contribution in [2.24, 2.45) is 7.05 Å². The van der Waals surface area contributed by atoms with Crippen LogP contribution >= 0.6 is 27.5 Å². The number of para-hydroxylation sites is 1. The number of hydrogen-bond acceptors (Lipinski definition) is 4. The topological polar surface area (TPSA) is 81.3 Å². The standard InChI is InChI=1S/C18H14ClNO.C6H5BrO3S/c1-20-15(10-8-14-4-2-3-5-17(14)20)9-6-13-7-11-18(21)16(19)12-13;7-5-1-3-6(4-2-5)11(8,9)10/h2-12H,1H3;1-4H,(H,8,9,10). The smallest absolute Gasteiger partial charge is 0.212 e. The minimum Gasteiger partial charge on any atom is -0.744 e. The summed E-state index contributed by atoms with van der Waals surface area (Å²) in [5.74, 6) is 0.102. The van der Waals surface area contributed by atoms with E-state index in [1.807, 2.05) is 37.4 Å². The first-order chi connectivity index (χ1) is 15.1. The number of aromatic nitrogens is 1. The monoisotopic (exact) mass is 531 g/mol. The quantitative estimate of drug-likeness (QED) is 0.277. The van der Waals surface area contributed by atoms with Gasteiger partial charge in [0.25, 0.3) is 0 Å². The molecule has 0 spiro atoms. The van der Waals surface area contributed by atoms with E-state index >= 15 is 0 Å². The fourth-order valence-electron chi connectivity index (χ4n) is 2.94. The first kappa shape index (κ1) is 23.9. The largest absolute Gasteiger partial charge is 0.744 e. The molecule has 3 aromatic carbocycles. The molecule has 0 atom stereocenters. The summed E-state index contributed by atoms with van der Waals surface area (Å²) >= 11 is 9.03. The molecule has 1 N–H and O–H groups in total. The molecule has 0 radical (unpaired) electrons. The van der Waals surface area contributed by atoms with Crippen LogP contribution < -0.4 is 4.57 Å². The van der Waals surface area contributed by atoms with Crippen LogP contribution in [0.5, 0.6) is 5.75 Å². The molecule has 164 valence electrons. The summed E-state index contributed by atoms with van der Waals surface area (Å²) in [6, 6.07) is 23.2. The Balaban J connectivity index is 0.000000222. The number of benzene rings is 3. The third kappa shape index (κ3) is 6.17. The Morgan fingerprint density at radius 2 is 1.66 bits per heavy atom. The van der Waals surface area contributed by atoms with Gasteiger partial charge >= 0.3 is 0 Å². The average Bonchev–Trinajstić information content (AvgIpc) is 2.76. The molecule has 5 nitrogen and oxygen atoms in total. The molecule has 0 fully saturated rings. The van der Waals surface area contributed by atoms with E-state index in [9.17, 15) is 18.1 Å². The number of phenolic OH excluding ortho intramolecular Hbond substituents is 1. The van der Waals surface area contributed by atoms with Crippen LogP contribution in [-0.4, -0.2) is 18.1 Å². The van der Waals surface area contributed by atoms with Crippen molar-refractivity contribution < 1.29 is 22.6 Å². The molecule has 8 heteroatoms. The molecule has 4 rings (SSSR count). The zero-order valence-electron chi connectivity index (χ0n) is 16.9. The molecule has 0 aliphatic carbocycles.